The van der Waals surface area contributed by atoms with Gasteiger partial charge in [0, 0.05) is 25.0 Å². The van der Waals surface area contributed by atoms with Gasteiger partial charge in [-0.05, 0) is 61.5 Å². The van der Waals surface area contributed by atoms with Gasteiger partial charge in [-0.1, -0.05) is 18.2 Å². The minimum atomic E-state index is -0.416. The van der Waals surface area contributed by atoms with Crippen molar-refractivity contribution in [3.8, 4) is 0 Å². The number of nitrogens with one attached hydrogen (secondary N) is 2. The van der Waals surface area contributed by atoms with Gasteiger partial charge in [0.05, 0.1) is 12.0 Å². The molecule has 6 nitrogen and oxygen atoms in total. The van der Waals surface area contributed by atoms with Crippen LogP contribution in [0.3, 0.4) is 0 Å². The predicted octanol–water partition coefficient (Wildman–Crippen LogP) is 2.53. The number of nitrogens with zero attached hydrogens (tertiary/aromatic N) is 2. The summed E-state index contributed by atoms with van der Waals surface area (Å²) in [7, 11) is 1.71. The first kappa shape index (κ1) is 22.2. The fraction of sp³-hybridized carbons (Fsp3) is 0.455. The number of hydrogen-bond donors (Lipinski definition) is 3. The predicted molar refractivity (Wildman–Crippen MR) is 120 cm³/mol. The van der Waals surface area contributed by atoms with Crippen molar-refractivity contribution in [2.45, 2.75) is 25.3 Å². The van der Waals surface area contributed by atoms with Crippen LogP contribution < -0.4 is 16.4 Å². The molecule has 30 heavy (non-hydrogen) atoms. The number of rotatable bonds is 9. The maximum absolute atomic E-state index is 13.1. The molecule has 2 heterocycles. The Kier molecular flexibility index (Phi) is 8.21. The Morgan fingerprint density at radius 1 is 1.20 bits per heavy atom. The number of amides is 1. The Labute approximate surface area is 181 Å². The average Bonchev–Trinajstić information content (AvgIpc) is 3.45. The van der Waals surface area contributed by atoms with E-state index in [9.17, 15) is 9.18 Å². The zero-order chi connectivity index (χ0) is 21.3. The third kappa shape index (κ3) is 6.27. The van der Waals surface area contributed by atoms with Gasteiger partial charge in [0.2, 0.25) is 5.91 Å². The SMILES string of the molecule is CN=C(NCC(Cc1ccc(F)cc1)C(N)=O)NCC(c1cccs1)N1CCCC1. The van der Waals surface area contributed by atoms with Gasteiger partial charge >= 0.3 is 0 Å². The van der Waals surface area contributed by atoms with Crippen molar-refractivity contribution in [3.63, 3.8) is 0 Å². The maximum atomic E-state index is 13.1. The monoisotopic (exact) mass is 431 g/mol. The second kappa shape index (κ2) is 11.1. The number of primary amides is 1. The molecule has 0 saturated carbocycles. The topological polar surface area (TPSA) is 82.7 Å². The van der Waals surface area contributed by atoms with Crippen molar-refractivity contribution in [1.29, 1.82) is 0 Å². The third-order valence-corrected chi connectivity index (χ3v) is 6.43. The number of hydrogen-bond acceptors (Lipinski definition) is 4. The molecule has 1 aromatic carbocycles. The van der Waals surface area contributed by atoms with Gasteiger partial charge in [0.15, 0.2) is 5.96 Å². The second-order valence-electron chi connectivity index (χ2n) is 7.54. The molecule has 8 heteroatoms. The summed E-state index contributed by atoms with van der Waals surface area (Å²) in [4.78, 5) is 20.1. The zero-order valence-electron chi connectivity index (χ0n) is 17.3. The number of aliphatic imine (C=N–C) groups is 1. The van der Waals surface area contributed by atoms with E-state index in [1.165, 1.54) is 29.9 Å². The summed E-state index contributed by atoms with van der Waals surface area (Å²) in [6.45, 7) is 3.31. The highest BCUT2D eigenvalue weighted by Crippen LogP contribution is 2.27. The van der Waals surface area contributed by atoms with Crippen molar-refractivity contribution in [2.75, 3.05) is 33.2 Å². The number of nitrogens with two attached hydrogens (primary N) is 1. The van der Waals surface area contributed by atoms with Crippen molar-refractivity contribution in [3.05, 3.63) is 58.0 Å². The summed E-state index contributed by atoms with van der Waals surface area (Å²) in [6, 6.07) is 10.7. The average molecular weight is 432 g/mol. The van der Waals surface area contributed by atoms with Gasteiger partial charge in [-0.3, -0.25) is 14.7 Å². The highest BCUT2D eigenvalue weighted by Gasteiger charge is 2.24. The van der Waals surface area contributed by atoms with Crippen LogP contribution in [0.25, 0.3) is 0 Å². The third-order valence-electron chi connectivity index (χ3n) is 5.45. The fourth-order valence-corrected chi connectivity index (χ4v) is 4.62. The van der Waals surface area contributed by atoms with Crippen LogP contribution in [-0.2, 0) is 11.2 Å². The van der Waals surface area contributed by atoms with E-state index in [1.807, 2.05) is 0 Å². The largest absolute Gasteiger partial charge is 0.369 e. The summed E-state index contributed by atoms with van der Waals surface area (Å²) in [6.07, 6.45) is 2.92. The number of carbonyl (C=O) groups is 1. The first-order chi connectivity index (χ1) is 14.6. The minimum absolute atomic E-state index is 0.296. The minimum Gasteiger partial charge on any atom is -0.369 e. The van der Waals surface area contributed by atoms with Gasteiger partial charge in [-0.25, -0.2) is 4.39 Å². The quantitative estimate of drug-likeness (QED) is 0.421. The van der Waals surface area contributed by atoms with Crippen molar-refractivity contribution < 1.29 is 9.18 Å². The summed E-state index contributed by atoms with van der Waals surface area (Å²) in [5.41, 5.74) is 6.46. The first-order valence-electron chi connectivity index (χ1n) is 10.3. The van der Waals surface area contributed by atoms with Crippen LogP contribution in [0, 0.1) is 11.7 Å². The number of likely N-dealkylation sites (tertiary alicyclic amines) is 1. The van der Waals surface area contributed by atoms with E-state index in [1.54, 1.807) is 30.5 Å². The van der Waals surface area contributed by atoms with Crippen LogP contribution in [0.5, 0.6) is 0 Å². The van der Waals surface area contributed by atoms with Crippen LogP contribution in [0.2, 0.25) is 0 Å². The molecule has 1 fully saturated rings. The lowest BCUT2D eigenvalue weighted by Crippen LogP contribution is -2.45. The summed E-state index contributed by atoms with van der Waals surface area (Å²) < 4.78 is 13.1. The first-order valence-corrected chi connectivity index (χ1v) is 11.2. The molecule has 1 aliphatic heterocycles. The Bertz CT molecular complexity index is 819. The second-order valence-corrected chi connectivity index (χ2v) is 8.52. The molecule has 4 N–H and O–H groups in total. The molecule has 2 atom stereocenters. The van der Waals surface area contributed by atoms with E-state index in [2.05, 4.69) is 38.0 Å². The smallest absolute Gasteiger partial charge is 0.222 e. The maximum Gasteiger partial charge on any atom is 0.222 e. The van der Waals surface area contributed by atoms with Crippen LogP contribution in [0.15, 0.2) is 46.8 Å². The highest BCUT2D eigenvalue weighted by molar-refractivity contribution is 7.10. The molecule has 1 aromatic heterocycles. The lowest BCUT2D eigenvalue weighted by atomic mass is 9.98. The molecule has 0 radical (unpaired) electrons. The zero-order valence-corrected chi connectivity index (χ0v) is 18.1. The summed E-state index contributed by atoms with van der Waals surface area (Å²) >= 11 is 1.77. The Morgan fingerprint density at radius 3 is 2.50 bits per heavy atom. The Balaban J connectivity index is 1.55. The summed E-state index contributed by atoms with van der Waals surface area (Å²) in [5.74, 6) is -0.465. The molecule has 1 amide bonds. The standard InChI is InChI=1S/C22H30FN5OS/c1-25-22(26-14-17(21(24)29)13-16-6-8-18(23)9-7-16)27-15-19(20-5-4-12-30-20)28-10-2-3-11-28/h4-9,12,17,19H,2-3,10-11,13-15H2,1H3,(H2,24,29)(H2,25,26,27). The van der Waals surface area contributed by atoms with Crippen molar-refractivity contribution in [2.24, 2.45) is 16.6 Å². The Morgan fingerprint density at radius 2 is 1.90 bits per heavy atom. The van der Waals surface area contributed by atoms with E-state index < -0.39 is 11.8 Å². The van der Waals surface area contributed by atoms with Gasteiger partial charge in [-0.15, -0.1) is 11.3 Å². The van der Waals surface area contributed by atoms with Gasteiger partial charge in [0.1, 0.15) is 5.82 Å². The van der Waals surface area contributed by atoms with E-state index >= 15 is 0 Å². The molecule has 3 rings (SSSR count). The molecule has 2 aromatic rings. The molecule has 0 aliphatic carbocycles. The molecular formula is C22H30FN5OS. The Hall–Kier alpha value is -2.45. The lowest BCUT2D eigenvalue weighted by Gasteiger charge is -2.28. The van der Waals surface area contributed by atoms with Crippen LogP contribution in [-0.4, -0.2) is 50.0 Å². The van der Waals surface area contributed by atoms with E-state index in [0.29, 0.717) is 25.0 Å². The summed E-state index contributed by atoms with van der Waals surface area (Å²) in [5, 5.41) is 8.73. The number of guanidine groups is 1. The molecule has 0 bridgehead atoms. The number of halogens is 1. The molecule has 1 aliphatic rings. The molecule has 2 unspecified atom stereocenters. The number of benzene rings is 1. The van der Waals surface area contributed by atoms with E-state index in [4.69, 9.17) is 5.73 Å². The molecule has 0 spiro atoms. The van der Waals surface area contributed by atoms with E-state index in [0.717, 1.165) is 25.2 Å². The van der Waals surface area contributed by atoms with Gasteiger partial charge < -0.3 is 16.4 Å². The highest BCUT2D eigenvalue weighted by atomic mass is 32.1. The molecule has 162 valence electrons. The van der Waals surface area contributed by atoms with Crippen LogP contribution >= 0.6 is 11.3 Å². The normalized spacial score (nSPS) is 16.9. The van der Waals surface area contributed by atoms with Crippen molar-refractivity contribution >= 4 is 23.2 Å². The van der Waals surface area contributed by atoms with Gasteiger partial charge in [0.25, 0.3) is 0 Å². The fourth-order valence-electron chi connectivity index (χ4n) is 3.76. The number of thiophene rings is 1. The number of carbonyl (C=O) groups excluding carboxylic acids is 1. The molecule has 1 saturated heterocycles. The molecular weight excluding hydrogens is 401 g/mol. The lowest BCUT2D eigenvalue weighted by molar-refractivity contribution is -0.121. The van der Waals surface area contributed by atoms with Crippen molar-refractivity contribution in [1.82, 2.24) is 15.5 Å². The van der Waals surface area contributed by atoms with E-state index in [-0.39, 0.29) is 5.82 Å². The van der Waals surface area contributed by atoms with Gasteiger partial charge in [-0.2, -0.15) is 0 Å². The van der Waals surface area contributed by atoms with Crippen LogP contribution in [0.4, 0.5) is 4.39 Å². The van der Waals surface area contributed by atoms with Crippen LogP contribution in [0.1, 0.15) is 29.3 Å².